The molecule has 0 aliphatic carbocycles. The van der Waals surface area contributed by atoms with Crippen LogP contribution in [0.5, 0.6) is 11.8 Å². The molecule has 0 aliphatic rings. The van der Waals surface area contributed by atoms with Gasteiger partial charge in [0.15, 0.2) is 4.21 Å². The Hall–Kier alpha value is -1.03. The number of rotatable bonds is 5. The molecule has 2 aromatic rings. The Bertz CT molecular complexity index is 764. The first-order valence-electron chi connectivity index (χ1n) is 5.44. The molecule has 0 aromatic carbocycles. The van der Waals surface area contributed by atoms with Gasteiger partial charge in [0.05, 0.1) is 23.0 Å². The number of hydrogen-bond acceptors (Lipinski definition) is 6. The van der Waals surface area contributed by atoms with Gasteiger partial charge in [-0.1, -0.05) is 11.6 Å². The van der Waals surface area contributed by atoms with Crippen molar-refractivity contribution in [1.82, 2.24) is 4.98 Å². The Morgan fingerprint density at radius 1 is 1.33 bits per heavy atom. The molecule has 0 radical (unpaired) electrons. The smallest absolute Gasteiger partial charge is 0.272 e. The molecule has 0 atom stereocenters. The van der Waals surface area contributed by atoms with E-state index in [0.717, 1.165) is 11.3 Å². The largest absolute Gasteiger partial charge is 0.481 e. The minimum Gasteiger partial charge on any atom is -0.481 e. The Balaban J connectivity index is 2.39. The van der Waals surface area contributed by atoms with Gasteiger partial charge in [0, 0.05) is 6.07 Å². The van der Waals surface area contributed by atoms with Crippen LogP contribution in [0.2, 0.25) is 4.34 Å². The van der Waals surface area contributed by atoms with Gasteiger partial charge >= 0.3 is 0 Å². The number of sulfonamides is 1. The highest BCUT2D eigenvalue weighted by Crippen LogP contribution is 2.36. The van der Waals surface area contributed by atoms with E-state index in [1.807, 2.05) is 0 Å². The molecule has 2 rings (SSSR count). The Kier molecular flexibility index (Phi) is 4.97. The topological polar surface area (TPSA) is 77.5 Å². The number of nitrogens with one attached hydrogen (secondary N) is 1. The molecule has 0 bridgehead atoms. The van der Waals surface area contributed by atoms with E-state index in [9.17, 15) is 8.42 Å². The van der Waals surface area contributed by atoms with Crippen LogP contribution in [0.15, 0.2) is 26.9 Å². The number of methoxy groups -OCH3 is 2. The molecule has 10 heteroatoms. The van der Waals surface area contributed by atoms with Crippen LogP contribution < -0.4 is 14.2 Å². The zero-order chi connectivity index (χ0) is 15.6. The number of hydrogen-bond donors (Lipinski definition) is 1. The highest BCUT2D eigenvalue weighted by Gasteiger charge is 2.23. The normalized spacial score (nSPS) is 11.2. The molecule has 0 aliphatic heterocycles. The van der Waals surface area contributed by atoms with Crippen LogP contribution in [0.4, 0.5) is 5.69 Å². The van der Waals surface area contributed by atoms with E-state index in [1.54, 1.807) is 0 Å². The quantitative estimate of drug-likeness (QED) is 0.813. The second kappa shape index (κ2) is 6.39. The molecule has 6 nitrogen and oxygen atoms in total. The lowest BCUT2D eigenvalue weighted by molar-refractivity contribution is 0.366. The summed E-state index contributed by atoms with van der Waals surface area (Å²) in [5.74, 6) is 0.423. The third-order valence-corrected chi connectivity index (χ3v) is 6.67. The summed E-state index contributed by atoms with van der Waals surface area (Å²) in [4.78, 5) is 4.01. The summed E-state index contributed by atoms with van der Waals surface area (Å²) < 4.78 is 38.0. The van der Waals surface area contributed by atoms with E-state index in [2.05, 4.69) is 25.6 Å². The van der Waals surface area contributed by atoms with Crippen LogP contribution in [-0.4, -0.2) is 27.6 Å². The maximum Gasteiger partial charge on any atom is 0.272 e. The third kappa shape index (κ3) is 3.60. The van der Waals surface area contributed by atoms with Crippen molar-refractivity contribution in [2.75, 3.05) is 18.9 Å². The molecule has 0 fully saturated rings. The van der Waals surface area contributed by atoms with Gasteiger partial charge in [0.2, 0.25) is 11.8 Å². The fourth-order valence-electron chi connectivity index (χ4n) is 1.47. The first-order valence-corrected chi connectivity index (χ1v) is 8.91. The van der Waals surface area contributed by atoms with E-state index < -0.39 is 10.0 Å². The summed E-state index contributed by atoms with van der Waals surface area (Å²) in [5.41, 5.74) is 0.203. The Morgan fingerprint density at radius 2 is 2.05 bits per heavy atom. The average molecular weight is 414 g/mol. The van der Waals surface area contributed by atoms with E-state index in [0.29, 0.717) is 14.7 Å². The predicted octanol–water partition coefficient (Wildman–Crippen LogP) is 3.38. The number of anilines is 1. The number of halogens is 2. The molecule has 0 amide bonds. The lowest BCUT2D eigenvalue weighted by Crippen LogP contribution is -2.13. The van der Waals surface area contributed by atoms with Crippen LogP contribution in [0.25, 0.3) is 0 Å². The fourth-order valence-corrected chi connectivity index (χ4v) is 5.54. The Labute approximate surface area is 139 Å². The minimum absolute atomic E-state index is 0.0744. The van der Waals surface area contributed by atoms with E-state index in [4.69, 9.17) is 21.1 Å². The summed E-state index contributed by atoms with van der Waals surface area (Å²) >= 11 is 9.92. The average Bonchev–Trinajstić information content (AvgIpc) is 2.78. The van der Waals surface area contributed by atoms with Crippen LogP contribution in [0.3, 0.4) is 0 Å². The van der Waals surface area contributed by atoms with Crippen LogP contribution in [-0.2, 0) is 10.0 Å². The van der Waals surface area contributed by atoms with Crippen molar-refractivity contribution in [3.8, 4) is 11.8 Å². The van der Waals surface area contributed by atoms with Gasteiger partial charge in [0.25, 0.3) is 10.0 Å². The summed E-state index contributed by atoms with van der Waals surface area (Å²) in [6.07, 6.45) is 0. The predicted molar refractivity (Wildman–Crippen MR) is 85.2 cm³/mol. The summed E-state index contributed by atoms with van der Waals surface area (Å²) in [5, 5.41) is 0. The van der Waals surface area contributed by atoms with Gasteiger partial charge in [-0.25, -0.2) is 8.42 Å². The highest BCUT2D eigenvalue weighted by molar-refractivity contribution is 9.10. The van der Waals surface area contributed by atoms with Crippen molar-refractivity contribution >= 4 is 54.6 Å². The van der Waals surface area contributed by atoms with Crippen LogP contribution in [0.1, 0.15) is 0 Å². The molecule has 2 heterocycles. The standard InChI is InChI=1S/C11H10BrClN2O4S2/c1-18-9-4-3-7(10(14-9)19-2)15-21(16,17)11-6(12)5-8(13)20-11/h3-5,15H,1-2H3. The molecular weight excluding hydrogens is 404 g/mol. The van der Waals surface area contributed by atoms with Gasteiger partial charge in [-0.3, -0.25) is 4.72 Å². The van der Waals surface area contributed by atoms with Gasteiger partial charge in [-0.2, -0.15) is 4.98 Å². The first-order chi connectivity index (χ1) is 9.87. The van der Waals surface area contributed by atoms with Crippen LogP contribution >= 0.6 is 38.9 Å². The van der Waals surface area contributed by atoms with Crippen molar-refractivity contribution in [2.45, 2.75) is 4.21 Å². The molecular formula is C11H10BrClN2O4S2. The van der Waals surface area contributed by atoms with E-state index in [-0.39, 0.29) is 15.8 Å². The number of ether oxygens (including phenoxy) is 2. The van der Waals surface area contributed by atoms with Crippen molar-refractivity contribution in [1.29, 1.82) is 0 Å². The molecule has 21 heavy (non-hydrogen) atoms. The maximum atomic E-state index is 12.4. The monoisotopic (exact) mass is 412 g/mol. The molecule has 0 saturated carbocycles. The molecule has 1 N–H and O–H groups in total. The second-order valence-electron chi connectivity index (χ2n) is 3.70. The van der Waals surface area contributed by atoms with Crippen LogP contribution in [0, 0.1) is 0 Å². The van der Waals surface area contributed by atoms with Gasteiger partial charge < -0.3 is 9.47 Å². The van der Waals surface area contributed by atoms with Crippen molar-refractivity contribution < 1.29 is 17.9 Å². The zero-order valence-electron chi connectivity index (χ0n) is 10.9. The zero-order valence-corrected chi connectivity index (χ0v) is 14.9. The molecule has 114 valence electrons. The third-order valence-electron chi connectivity index (χ3n) is 2.35. The summed E-state index contributed by atoms with van der Waals surface area (Å²) in [6.45, 7) is 0. The van der Waals surface area contributed by atoms with Gasteiger partial charge in [0.1, 0.15) is 5.69 Å². The second-order valence-corrected chi connectivity index (χ2v) is 8.12. The maximum absolute atomic E-state index is 12.4. The molecule has 0 spiro atoms. The number of nitrogens with zero attached hydrogens (tertiary/aromatic N) is 1. The first kappa shape index (κ1) is 16.3. The summed E-state index contributed by atoms with van der Waals surface area (Å²) in [6, 6.07) is 4.55. The number of aromatic nitrogens is 1. The van der Waals surface area contributed by atoms with E-state index in [1.165, 1.54) is 32.4 Å². The van der Waals surface area contributed by atoms with Crippen molar-refractivity contribution in [3.63, 3.8) is 0 Å². The summed E-state index contributed by atoms with van der Waals surface area (Å²) in [7, 11) is -0.958. The highest BCUT2D eigenvalue weighted by atomic mass is 79.9. The number of pyridine rings is 1. The SMILES string of the molecule is COc1ccc(NS(=O)(=O)c2sc(Cl)cc2Br)c(OC)n1. The van der Waals surface area contributed by atoms with Crippen molar-refractivity contribution in [2.24, 2.45) is 0 Å². The lowest BCUT2D eigenvalue weighted by atomic mass is 10.4. The Morgan fingerprint density at radius 3 is 2.57 bits per heavy atom. The molecule has 0 unspecified atom stereocenters. The van der Waals surface area contributed by atoms with Crippen molar-refractivity contribution in [3.05, 3.63) is 27.0 Å². The molecule has 0 saturated heterocycles. The molecule has 2 aromatic heterocycles. The van der Waals surface area contributed by atoms with Gasteiger partial charge in [-0.05, 0) is 28.1 Å². The lowest BCUT2D eigenvalue weighted by Gasteiger charge is -2.11. The van der Waals surface area contributed by atoms with Gasteiger partial charge in [-0.15, -0.1) is 11.3 Å². The fraction of sp³-hybridized carbons (Fsp3) is 0.182. The van der Waals surface area contributed by atoms with E-state index >= 15 is 0 Å². The minimum atomic E-state index is -3.80. The number of thiophene rings is 1.